The number of hydrogen-bond donors (Lipinski definition) is 1. The van der Waals surface area contributed by atoms with Gasteiger partial charge in [-0.15, -0.1) is 0 Å². The molecule has 0 saturated carbocycles. The van der Waals surface area contributed by atoms with Crippen LogP contribution >= 0.6 is 0 Å². The number of nitrogens with zero attached hydrogens (tertiary/aromatic N) is 1. The van der Waals surface area contributed by atoms with E-state index in [4.69, 9.17) is 9.47 Å². The first kappa shape index (κ1) is 18.7. The van der Waals surface area contributed by atoms with E-state index < -0.39 is 0 Å². The van der Waals surface area contributed by atoms with Crippen LogP contribution in [0.15, 0.2) is 48.5 Å². The average Bonchev–Trinajstić information content (AvgIpc) is 3.02. The van der Waals surface area contributed by atoms with Crippen LogP contribution in [0.4, 0.5) is 10.1 Å². The van der Waals surface area contributed by atoms with E-state index in [0.29, 0.717) is 24.6 Å². The number of nitrogens with one attached hydrogen (secondary N) is 1. The lowest BCUT2D eigenvalue weighted by Crippen LogP contribution is -2.39. The summed E-state index contributed by atoms with van der Waals surface area (Å²) in [6.07, 6.45) is 0.201. The van der Waals surface area contributed by atoms with Gasteiger partial charge in [-0.05, 0) is 55.5 Å². The number of carbonyl (C=O) groups excluding carboxylic acids is 2. The van der Waals surface area contributed by atoms with Crippen molar-refractivity contribution in [1.29, 1.82) is 0 Å². The van der Waals surface area contributed by atoms with Crippen LogP contribution in [0.2, 0.25) is 0 Å². The Labute approximate surface area is 156 Å². The first-order valence-corrected chi connectivity index (χ1v) is 8.76. The number of rotatable bonds is 7. The molecule has 3 rings (SSSR count). The van der Waals surface area contributed by atoms with Gasteiger partial charge in [0.2, 0.25) is 5.91 Å². The number of ether oxygens (including phenoxy) is 2. The van der Waals surface area contributed by atoms with Gasteiger partial charge in [0.05, 0.1) is 12.6 Å². The van der Waals surface area contributed by atoms with E-state index in [1.165, 1.54) is 17.0 Å². The SMILES string of the molecule is CCOc1ccc(OCC(=O)N[C@@H]2CC(=O)N(c3ccc(F)cc3)C2)cc1. The van der Waals surface area contributed by atoms with Crippen molar-refractivity contribution in [3.63, 3.8) is 0 Å². The van der Waals surface area contributed by atoms with Gasteiger partial charge < -0.3 is 19.7 Å². The minimum absolute atomic E-state index is 0.112. The van der Waals surface area contributed by atoms with E-state index in [1.54, 1.807) is 36.4 Å². The van der Waals surface area contributed by atoms with Crippen molar-refractivity contribution in [1.82, 2.24) is 5.32 Å². The highest BCUT2D eigenvalue weighted by Gasteiger charge is 2.31. The molecule has 1 fully saturated rings. The van der Waals surface area contributed by atoms with Crippen molar-refractivity contribution in [2.75, 3.05) is 24.7 Å². The largest absolute Gasteiger partial charge is 0.494 e. The number of carbonyl (C=O) groups is 2. The predicted octanol–water partition coefficient (Wildman–Crippen LogP) is 2.52. The van der Waals surface area contributed by atoms with Crippen LogP contribution in [0.1, 0.15) is 13.3 Å². The summed E-state index contributed by atoms with van der Waals surface area (Å²) in [6, 6.07) is 12.4. The number of anilines is 1. The van der Waals surface area contributed by atoms with E-state index >= 15 is 0 Å². The lowest BCUT2D eigenvalue weighted by atomic mass is 10.2. The van der Waals surface area contributed by atoms with Gasteiger partial charge in [0.15, 0.2) is 6.61 Å². The van der Waals surface area contributed by atoms with Crippen molar-refractivity contribution in [2.45, 2.75) is 19.4 Å². The van der Waals surface area contributed by atoms with Crippen molar-refractivity contribution in [2.24, 2.45) is 0 Å². The molecular formula is C20H21FN2O4. The number of halogens is 1. The molecule has 1 atom stereocenters. The molecule has 1 N–H and O–H groups in total. The van der Waals surface area contributed by atoms with Crippen LogP contribution in [0, 0.1) is 5.82 Å². The molecule has 0 radical (unpaired) electrons. The van der Waals surface area contributed by atoms with Crippen molar-refractivity contribution in [3.05, 3.63) is 54.3 Å². The highest BCUT2D eigenvalue weighted by Crippen LogP contribution is 2.22. The average molecular weight is 372 g/mol. The van der Waals surface area contributed by atoms with E-state index in [-0.39, 0.29) is 36.7 Å². The zero-order valence-electron chi connectivity index (χ0n) is 15.0. The molecule has 6 nitrogen and oxygen atoms in total. The fourth-order valence-corrected chi connectivity index (χ4v) is 2.89. The molecule has 142 valence electrons. The smallest absolute Gasteiger partial charge is 0.258 e. The lowest BCUT2D eigenvalue weighted by molar-refractivity contribution is -0.123. The molecule has 0 aromatic heterocycles. The summed E-state index contributed by atoms with van der Waals surface area (Å²) in [5.41, 5.74) is 0.615. The Hall–Kier alpha value is -3.09. The molecule has 0 unspecified atom stereocenters. The Morgan fingerprint density at radius 2 is 1.74 bits per heavy atom. The normalized spacial score (nSPS) is 16.3. The molecule has 7 heteroatoms. The van der Waals surface area contributed by atoms with Crippen LogP contribution in [0.3, 0.4) is 0 Å². The van der Waals surface area contributed by atoms with Crippen LogP contribution in [-0.2, 0) is 9.59 Å². The first-order valence-electron chi connectivity index (χ1n) is 8.76. The summed E-state index contributed by atoms with van der Waals surface area (Å²) in [7, 11) is 0. The quantitative estimate of drug-likeness (QED) is 0.811. The molecule has 2 amide bonds. The summed E-state index contributed by atoms with van der Waals surface area (Å²) < 4.78 is 23.8. The van der Waals surface area contributed by atoms with E-state index in [9.17, 15) is 14.0 Å². The Balaban J connectivity index is 1.48. The summed E-state index contributed by atoms with van der Waals surface area (Å²) in [5, 5.41) is 2.80. The maximum Gasteiger partial charge on any atom is 0.258 e. The van der Waals surface area contributed by atoms with Gasteiger partial charge in [0.25, 0.3) is 5.91 Å². The second-order valence-corrected chi connectivity index (χ2v) is 6.14. The fraction of sp³-hybridized carbons (Fsp3) is 0.300. The van der Waals surface area contributed by atoms with Crippen molar-refractivity contribution in [3.8, 4) is 11.5 Å². The van der Waals surface area contributed by atoms with Gasteiger partial charge in [-0.1, -0.05) is 0 Å². The Kier molecular flexibility index (Phi) is 5.90. The second kappa shape index (κ2) is 8.53. The van der Waals surface area contributed by atoms with Crippen LogP contribution in [-0.4, -0.2) is 37.6 Å². The minimum Gasteiger partial charge on any atom is -0.494 e. The molecule has 27 heavy (non-hydrogen) atoms. The number of amides is 2. The van der Waals surface area contributed by atoms with Crippen molar-refractivity contribution < 1.29 is 23.5 Å². The summed E-state index contributed by atoms with van der Waals surface area (Å²) >= 11 is 0. The molecule has 1 heterocycles. The molecule has 2 aromatic carbocycles. The van der Waals surface area contributed by atoms with Crippen molar-refractivity contribution >= 4 is 17.5 Å². The third-order valence-electron chi connectivity index (χ3n) is 4.13. The maximum atomic E-state index is 13.0. The Bertz CT molecular complexity index is 793. The maximum absolute atomic E-state index is 13.0. The molecule has 2 aromatic rings. The van der Waals surface area contributed by atoms with Gasteiger partial charge in [0, 0.05) is 18.7 Å². The highest BCUT2D eigenvalue weighted by atomic mass is 19.1. The van der Waals surface area contributed by atoms with E-state index in [0.717, 1.165) is 5.75 Å². The van der Waals surface area contributed by atoms with Crippen LogP contribution < -0.4 is 19.7 Å². The Morgan fingerprint density at radius 3 is 2.37 bits per heavy atom. The number of hydrogen-bond acceptors (Lipinski definition) is 4. The zero-order chi connectivity index (χ0) is 19.2. The molecule has 0 aliphatic carbocycles. The topological polar surface area (TPSA) is 67.9 Å². The lowest BCUT2D eigenvalue weighted by Gasteiger charge is -2.17. The van der Waals surface area contributed by atoms with Crippen LogP contribution in [0.5, 0.6) is 11.5 Å². The molecule has 1 saturated heterocycles. The Morgan fingerprint density at radius 1 is 1.11 bits per heavy atom. The first-order chi connectivity index (χ1) is 13.0. The van der Waals surface area contributed by atoms with Gasteiger partial charge in [-0.3, -0.25) is 9.59 Å². The summed E-state index contributed by atoms with van der Waals surface area (Å²) in [4.78, 5) is 25.8. The molecule has 1 aliphatic heterocycles. The molecule has 0 bridgehead atoms. The molecule has 1 aliphatic rings. The summed E-state index contributed by atoms with van der Waals surface area (Å²) in [5.74, 6) is 0.521. The van der Waals surface area contributed by atoms with Gasteiger partial charge >= 0.3 is 0 Å². The van der Waals surface area contributed by atoms with Gasteiger partial charge in [0.1, 0.15) is 17.3 Å². The predicted molar refractivity (Wildman–Crippen MR) is 98.4 cm³/mol. The van der Waals surface area contributed by atoms with Gasteiger partial charge in [-0.25, -0.2) is 4.39 Å². The zero-order valence-corrected chi connectivity index (χ0v) is 15.0. The third kappa shape index (κ3) is 4.97. The monoisotopic (exact) mass is 372 g/mol. The fourth-order valence-electron chi connectivity index (χ4n) is 2.89. The molecular weight excluding hydrogens is 351 g/mol. The molecule has 0 spiro atoms. The van der Waals surface area contributed by atoms with Crippen LogP contribution in [0.25, 0.3) is 0 Å². The third-order valence-corrected chi connectivity index (χ3v) is 4.13. The standard InChI is InChI=1S/C20H21FN2O4/c1-2-26-17-7-9-18(10-8-17)27-13-19(24)22-15-11-20(25)23(12-15)16-5-3-14(21)4-6-16/h3-10,15H,2,11-13H2,1H3,(H,22,24)/t15-/m1/s1. The number of benzene rings is 2. The minimum atomic E-state index is -0.360. The summed E-state index contributed by atoms with van der Waals surface area (Å²) in [6.45, 7) is 2.69. The van der Waals surface area contributed by atoms with Gasteiger partial charge in [-0.2, -0.15) is 0 Å². The second-order valence-electron chi connectivity index (χ2n) is 6.14. The van der Waals surface area contributed by atoms with E-state index in [1.807, 2.05) is 6.92 Å². The van der Waals surface area contributed by atoms with E-state index in [2.05, 4.69) is 5.32 Å². The highest BCUT2D eigenvalue weighted by molar-refractivity contribution is 5.96.